The predicted octanol–water partition coefficient (Wildman–Crippen LogP) is -0.839. The molecule has 1 aliphatic rings. The molecule has 15 heteroatoms. The summed E-state index contributed by atoms with van der Waals surface area (Å²) in [5, 5.41) is 4.44. The topological polar surface area (TPSA) is 182 Å². The third kappa shape index (κ3) is 5.87. The van der Waals surface area contributed by atoms with Crippen molar-refractivity contribution in [1.29, 1.82) is 0 Å². The molecule has 26 heavy (non-hydrogen) atoms. The maximum atomic E-state index is 11.9. The molecule has 0 fully saturated rings. The van der Waals surface area contributed by atoms with Crippen LogP contribution in [0.3, 0.4) is 0 Å². The molecule has 0 radical (unpaired) electrons. The molecule has 0 saturated carbocycles. The second-order valence-electron chi connectivity index (χ2n) is 4.62. The molecule has 3 amide bonds. The van der Waals surface area contributed by atoms with Gasteiger partial charge in [-0.1, -0.05) is 0 Å². The minimum absolute atomic E-state index is 0.199. The number of aryl methyl sites for hydroxylation is 1. The number of amides is 3. The quantitative estimate of drug-likeness (QED) is 0.248. The van der Waals surface area contributed by atoms with Crippen molar-refractivity contribution in [1.82, 2.24) is 20.2 Å². The lowest BCUT2D eigenvalue weighted by Gasteiger charge is -2.32. The number of rotatable bonds is 5. The van der Waals surface area contributed by atoms with E-state index in [0.717, 1.165) is 0 Å². The fraction of sp³-hybridized carbons (Fsp3) is 0.455. The Hall–Kier alpha value is -2.91. The van der Waals surface area contributed by atoms with Crippen LogP contribution in [0, 0.1) is 0 Å². The van der Waals surface area contributed by atoms with Crippen molar-refractivity contribution in [3.63, 3.8) is 0 Å². The third-order valence-electron chi connectivity index (χ3n) is 2.93. The molecule has 1 aromatic heterocycles. The summed E-state index contributed by atoms with van der Waals surface area (Å²) < 4.78 is 36.0. The number of aromatic nitrogens is 2. The average Bonchev–Trinajstić information content (AvgIpc) is 2.90. The van der Waals surface area contributed by atoms with Crippen LogP contribution in [-0.2, 0) is 33.1 Å². The highest BCUT2D eigenvalue weighted by Gasteiger charge is 2.35. The van der Waals surface area contributed by atoms with Crippen LogP contribution in [0.4, 0.5) is 15.3 Å². The normalized spacial score (nSPS) is 13.9. The van der Waals surface area contributed by atoms with Gasteiger partial charge in [-0.15, -0.1) is 9.35 Å². The largest absolute Gasteiger partial charge is 0.428 e. The van der Waals surface area contributed by atoms with E-state index in [2.05, 4.69) is 30.4 Å². The zero-order chi connectivity index (χ0) is 19.9. The molecule has 146 valence electrons. The maximum absolute atomic E-state index is 11.9. The first-order chi connectivity index (χ1) is 12.1. The Morgan fingerprint density at radius 3 is 2.73 bits per heavy atom. The van der Waals surface area contributed by atoms with Crippen LogP contribution >= 0.6 is 0 Å². The van der Waals surface area contributed by atoms with Gasteiger partial charge in [0.15, 0.2) is 0 Å². The molecule has 0 atom stereocenters. The van der Waals surface area contributed by atoms with Crippen LogP contribution < -0.4 is 16.3 Å². The molecule has 2 heterocycles. The van der Waals surface area contributed by atoms with Crippen LogP contribution in [-0.4, -0.2) is 59.7 Å². The number of fused-ring (bicyclic) bond motifs is 1. The van der Waals surface area contributed by atoms with Crippen LogP contribution in [0.5, 0.6) is 0 Å². The number of carbonyl (C=O) groups excluding carboxylic acids is 2. The van der Waals surface area contributed by atoms with Gasteiger partial charge in [0.25, 0.3) is 0 Å². The summed E-state index contributed by atoms with van der Waals surface area (Å²) in [5.41, 5.74) is 7.43. The van der Waals surface area contributed by atoms with Gasteiger partial charge in [-0.25, -0.2) is 15.1 Å². The van der Waals surface area contributed by atoms with Crippen LogP contribution in [0.25, 0.3) is 0 Å². The zero-order valence-electron chi connectivity index (χ0n) is 14.2. The standard InChI is InChI=1S/C8H12N4O5S.C3H7N3O2/c1-3-11-5-7-6(4-9-10(7)2)12(8(11)13)17-18(14,15)16;1-5-2-6-8-3(4)7/h4H,3,5H2,1-2H3,(H,14,15,16);2H,1H3,(H2,4,7)(H,5,6). The second-order valence-corrected chi connectivity index (χ2v) is 5.62. The number of carbonyl (C=O) groups is 2. The van der Waals surface area contributed by atoms with E-state index in [0.29, 0.717) is 23.8 Å². The van der Waals surface area contributed by atoms with E-state index >= 15 is 0 Å². The Bertz CT molecular complexity index is 776. The first kappa shape index (κ1) is 21.1. The van der Waals surface area contributed by atoms with Crippen molar-refractivity contribution in [2.75, 3.05) is 18.7 Å². The number of urea groups is 1. The van der Waals surface area contributed by atoms with Gasteiger partial charge < -0.3 is 15.5 Å². The molecule has 1 aliphatic heterocycles. The van der Waals surface area contributed by atoms with E-state index in [9.17, 15) is 18.0 Å². The molecule has 0 saturated heterocycles. The number of aliphatic imine (C=N–C) groups is 1. The van der Waals surface area contributed by atoms with Crippen LogP contribution in [0.2, 0.25) is 0 Å². The van der Waals surface area contributed by atoms with E-state index < -0.39 is 22.5 Å². The Kier molecular flexibility index (Phi) is 7.29. The van der Waals surface area contributed by atoms with Gasteiger partial charge in [0.05, 0.1) is 18.4 Å². The average molecular weight is 393 g/mol. The maximum Gasteiger partial charge on any atom is 0.428 e. The summed E-state index contributed by atoms with van der Waals surface area (Å²) in [6.07, 6.45) is 1.61. The van der Waals surface area contributed by atoms with Gasteiger partial charge >= 0.3 is 22.5 Å². The van der Waals surface area contributed by atoms with Gasteiger partial charge in [-0.3, -0.25) is 14.2 Å². The van der Waals surface area contributed by atoms with Gasteiger partial charge in [0.1, 0.15) is 12.0 Å². The monoisotopic (exact) mass is 393 g/mol. The molecule has 0 spiro atoms. The number of anilines is 1. The summed E-state index contributed by atoms with van der Waals surface area (Å²) >= 11 is 0. The molecule has 0 bridgehead atoms. The van der Waals surface area contributed by atoms with Gasteiger partial charge in [0.2, 0.25) is 0 Å². The number of nitrogens with zero attached hydrogens (tertiary/aromatic N) is 5. The van der Waals surface area contributed by atoms with Crippen molar-refractivity contribution in [3.05, 3.63) is 11.9 Å². The van der Waals surface area contributed by atoms with Crippen molar-refractivity contribution < 1.29 is 31.7 Å². The lowest BCUT2D eigenvalue weighted by atomic mass is 10.3. The van der Waals surface area contributed by atoms with Crippen LogP contribution in [0.15, 0.2) is 11.2 Å². The van der Waals surface area contributed by atoms with E-state index in [4.69, 9.17) is 4.55 Å². The Balaban J connectivity index is 0.000000359. The van der Waals surface area contributed by atoms with Crippen molar-refractivity contribution >= 4 is 34.5 Å². The fourth-order valence-corrected chi connectivity index (χ4v) is 2.17. The van der Waals surface area contributed by atoms with Crippen LogP contribution in [0.1, 0.15) is 12.6 Å². The smallest absolute Gasteiger partial charge is 0.333 e. The molecular weight excluding hydrogens is 374 g/mol. The summed E-state index contributed by atoms with van der Waals surface area (Å²) in [4.78, 5) is 30.5. The van der Waals surface area contributed by atoms with Gasteiger partial charge in [-0.05, 0) is 6.92 Å². The van der Waals surface area contributed by atoms with E-state index in [-0.39, 0.29) is 5.69 Å². The number of primary amides is 1. The Morgan fingerprint density at radius 2 is 2.23 bits per heavy atom. The molecule has 0 aliphatic carbocycles. The summed E-state index contributed by atoms with van der Waals surface area (Å²) in [5.74, 6) is 0. The number of hydroxylamine groups is 2. The predicted molar refractivity (Wildman–Crippen MR) is 88.0 cm³/mol. The highest BCUT2D eigenvalue weighted by Crippen LogP contribution is 2.28. The Morgan fingerprint density at radius 1 is 1.58 bits per heavy atom. The molecule has 14 nitrogen and oxygen atoms in total. The highest BCUT2D eigenvalue weighted by atomic mass is 32.3. The third-order valence-corrected chi connectivity index (χ3v) is 3.27. The number of hydrogen-bond acceptors (Lipinski definition) is 8. The minimum Gasteiger partial charge on any atom is -0.333 e. The minimum atomic E-state index is -4.78. The van der Waals surface area contributed by atoms with E-state index in [1.165, 1.54) is 29.2 Å². The number of nitrogens with one attached hydrogen (secondary N) is 1. The highest BCUT2D eigenvalue weighted by molar-refractivity contribution is 7.81. The lowest BCUT2D eigenvalue weighted by Crippen LogP contribution is -2.47. The van der Waals surface area contributed by atoms with Crippen molar-refractivity contribution in [3.8, 4) is 0 Å². The first-order valence-corrected chi connectivity index (χ1v) is 8.36. The van der Waals surface area contributed by atoms with Gasteiger partial charge in [-0.2, -0.15) is 13.5 Å². The van der Waals surface area contributed by atoms with E-state index in [1.54, 1.807) is 14.0 Å². The van der Waals surface area contributed by atoms with Crippen molar-refractivity contribution in [2.45, 2.75) is 13.5 Å². The SMILES string of the molecule is CCN1Cc2c(cnn2C)N(OS(=O)(=O)O)C1=O.CN=CNOC(N)=O. The summed E-state index contributed by atoms with van der Waals surface area (Å²) in [6.45, 7) is 2.41. The summed E-state index contributed by atoms with van der Waals surface area (Å²) in [6, 6.07) is -0.671. The second kappa shape index (κ2) is 8.97. The molecular formula is C11H19N7O7S. The fourth-order valence-electron chi connectivity index (χ4n) is 1.83. The molecule has 0 unspecified atom stereocenters. The zero-order valence-corrected chi connectivity index (χ0v) is 15.0. The number of nitrogens with two attached hydrogens (primary N) is 1. The van der Waals surface area contributed by atoms with Crippen molar-refractivity contribution in [2.24, 2.45) is 17.8 Å². The molecule has 1 aromatic rings. The number of hydrogen-bond donors (Lipinski definition) is 3. The first-order valence-electron chi connectivity index (χ1n) is 7.00. The molecule has 4 N–H and O–H groups in total. The van der Waals surface area contributed by atoms with Gasteiger partial charge in [0, 0.05) is 20.6 Å². The van der Waals surface area contributed by atoms with E-state index in [1.807, 2.05) is 0 Å². The molecule has 0 aromatic carbocycles. The lowest BCUT2D eigenvalue weighted by molar-refractivity contribution is 0.132. The Labute approximate surface area is 149 Å². The summed E-state index contributed by atoms with van der Waals surface area (Å²) in [7, 11) is -1.59. The molecule has 2 rings (SSSR count).